The zero-order valence-electron chi connectivity index (χ0n) is 9.47. The molecular weight excluding hydrogens is 176 g/mol. The highest BCUT2D eigenvalue weighted by molar-refractivity contribution is 5.82. The molecule has 1 saturated carbocycles. The number of carbonyl (C=O) groups is 1. The van der Waals surface area contributed by atoms with Crippen LogP contribution in [-0.4, -0.2) is 17.5 Å². The Morgan fingerprint density at radius 3 is 2.29 bits per heavy atom. The molecule has 1 aliphatic rings. The third-order valence-electron chi connectivity index (χ3n) is 3.15. The molecule has 3 heteroatoms. The highest BCUT2D eigenvalue weighted by atomic mass is 16.2. The molecule has 0 spiro atoms. The molecule has 1 rings (SSSR count). The summed E-state index contributed by atoms with van der Waals surface area (Å²) in [5.74, 6) is 0.212. The Kier molecular flexibility index (Phi) is 3.53. The van der Waals surface area contributed by atoms with E-state index in [2.05, 4.69) is 12.2 Å². The van der Waals surface area contributed by atoms with E-state index in [1.54, 1.807) is 0 Å². The van der Waals surface area contributed by atoms with E-state index in [9.17, 15) is 4.79 Å². The molecule has 14 heavy (non-hydrogen) atoms. The third-order valence-corrected chi connectivity index (χ3v) is 3.15. The molecule has 1 fully saturated rings. The number of rotatable bonds is 3. The first-order valence-electron chi connectivity index (χ1n) is 5.52. The van der Waals surface area contributed by atoms with Gasteiger partial charge in [-0.3, -0.25) is 4.79 Å². The maximum Gasteiger partial charge on any atom is 0.237 e. The van der Waals surface area contributed by atoms with E-state index in [0.717, 1.165) is 12.8 Å². The van der Waals surface area contributed by atoms with Gasteiger partial charge in [0.15, 0.2) is 0 Å². The Bertz CT molecular complexity index is 207. The number of nitrogens with one attached hydrogen (secondary N) is 1. The van der Waals surface area contributed by atoms with Gasteiger partial charge in [-0.25, -0.2) is 0 Å². The van der Waals surface area contributed by atoms with E-state index in [-0.39, 0.29) is 23.4 Å². The van der Waals surface area contributed by atoms with Gasteiger partial charge in [-0.05, 0) is 25.7 Å². The van der Waals surface area contributed by atoms with E-state index >= 15 is 0 Å². The van der Waals surface area contributed by atoms with E-state index in [1.165, 1.54) is 12.8 Å². The maximum atomic E-state index is 11.7. The fourth-order valence-electron chi connectivity index (χ4n) is 1.96. The predicted molar refractivity (Wildman–Crippen MR) is 57.8 cm³/mol. The van der Waals surface area contributed by atoms with Crippen molar-refractivity contribution in [3.63, 3.8) is 0 Å². The van der Waals surface area contributed by atoms with Gasteiger partial charge in [0.2, 0.25) is 5.91 Å². The monoisotopic (exact) mass is 198 g/mol. The van der Waals surface area contributed by atoms with Crippen LogP contribution in [0.25, 0.3) is 0 Å². The van der Waals surface area contributed by atoms with Gasteiger partial charge in [0, 0.05) is 5.54 Å². The Balaban J connectivity index is 2.47. The second-order valence-corrected chi connectivity index (χ2v) is 5.03. The van der Waals surface area contributed by atoms with Crippen LogP contribution in [0, 0.1) is 5.92 Å². The summed E-state index contributed by atoms with van der Waals surface area (Å²) in [6.45, 7) is 6.06. The van der Waals surface area contributed by atoms with Crippen LogP contribution < -0.4 is 11.1 Å². The minimum atomic E-state index is -0.368. The Morgan fingerprint density at radius 1 is 1.36 bits per heavy atom. The van der Waals surface area contributed by atoms with Crippen molar-refractivity contribution in [1.82, 2.24) is 5.32 Å². The highest BCUT2D eigenvalue weighted by Crippen LogP contribution is 2.28. The summed E-state index contributed by atoms with van der Waals surface area (Å²) in [4.78, 5) is 11.7. The number of carbonyl (C=O) groups excluding carboxylic acids is 1. The smallest absolute Gasteiger partial charge is 0.237 e. The molecule has 0 aromatic rings. The van der Waals surface area contributed by atoms with Crippen LogP contribution >= 0.6 is 0 Å². The highest BCUT2D eigenvalue weighted by Gasteiger charge is 2.32. The van der Waals surface area contributed by atoms with E-state index in [0.29, 0.717) is 0 Å². The zero-order chi connectivity index (χ0) is 10.8. The fraction of sp³-hybridized carbons (Fsp3) is 0.909. The van der Waals surface area contributed by atoms with Gasteiger partial charge in [-0.2, -0.15) is 0 Å². The standard InChI is InChI=1S/C11H22N2O/c1-8(2)9(12)10(14)13-11(3)6-4-5-7-11/h8-9H,4-7,12H2,1-3H3,(H,13,14). The average molecular weight is 198 g/mol. The first-order chi connectivity index (χ1) is 6.44. The molecule has 0 aromatic carbocycles. The van der Waals surface area contributed by atoms with Crippen LogP contribution in [0.1, 0.15) is 46.5 Å². The largest absolute Gasteiger partial charge is 0.350 e. The molecule has 3 N–H and O–H groups in total. The van der Waals surface area contributed by atoms with Crippen molar-refractivity contribution in [3.8, 4) is 0 Å². The summed E-state index contributed by atoms with van der Waals surface area (Å²) in [6.07, 6.45) is 4.61. The van der Waals surface area contributed by atoms with E-state index < -0.39 is 0 Å². The van der Waals surface area contributed by atoms with Crippen molar-refractivity contribution >= 4 is 5.91 Å². The number of hydrogen-bond donors (Lipinski definition) is 2. The first-order valence-corrected chi connectivity index (χ1v) is 5.52. The molecule has 0 aliphatic heterocycles. The van der Waals surface area contributed by atoms with Crippen LogP contribution in [-0.2, 0) is 4.79 Å². The van der Waals surface area contributed by atoms with E-state index in [1.807, 2.05) is 13.8 Å². The maximum absolute atomic E-state index is 11.7. The summed E-state index contributed by atoms with van der Waals surface area (Å²) in [5, 5.41) is 3.07. The Morgan fingerprint density at radius 2 is 1.86 bits per heavy atom. The van der Waals surface area contributed by atoms with Crippen molar-refractivity contribution in [2.75, 3.05) is 0 Å². The molecule has 0 saturated heterocycles. The number of amides is 1. The van der Waals surface area contributed by atoms with Crippen molar-refractivity contribution in [2.24, 2.45) is 11.7 Å². The summed E-state index contributed by atoms with van der Waals surface area (Å²) < 4.78 is 0. The second kappa shape index (κ2) is 4.30. The van der Waals surface area contributed by atoms with Gasteiger partial charge in [-0.1, -0.05) is 26.7 Å². The fourth-order valence-corrected chi connectivity index (χ4v) is 1.96. The lowest BCUT2D eigenvalue weighted by atomic mass is 9.98. The average Bonchev–Trinajstić information content (AvgIpc) is 2.50. The summed E-state index contributed by atoms with van der Waals surface area (Å²) >= 11 is 0. The lowest BCUT2D eigenvalue weighted by Gasteiger charge is -2.28. The van der Waals surface area contributed by atoms with Gasteiger partial charge in [0.25, 0.3) is 0 Å². The summed E-state index contributed by atoms with van der Waals surface area (Å²) in [7, 11) is 0. The first kappa shape index (κ1) is 11.5. The van der Waals surface area contributed by atoms with Crippen molar-refractivity contribution in [3.05, 3.63) is 0 Å². The van der Waals surface area contributed by atoms with Gasteiger partial charge in [0.1, 0.15) is 0 Å². The van der Waals surface area contributed by atoms with Crippen LogP contribution in [0.4, 0.5) is 0 Å². The van der Waals surface area contributed by atoms with Gasteiger partial charge in [0.05, 0.1) is 6.04 Å². The molecule has 0 bridgehead atoms. The molecular formula is C11H22N2O. The molecule has 1 aliphatic carbocycles. The van der Waals surface area contributed by atoms with Crippen LogP contribution in [0.3, 0.4) is 0 Å². The normalized spacial score (nSPS) is 22.4. The van der Waals surface area contributed by atoms with Gasteiger partial charge in [-0.15, -0.1) is 0 Å². The van der Waals surface area contributed by atoms with Crippen LogP contribution in [0.15, 0.2) is 0 Å². The molecule has 1 atom stereocenters. The van der Waals surface area contributed by atoms with E-state index in [4.69, 9.17) is 5.73 Å². The minimum absolute atomic E-state index is 0.00356. The molecule has 0 radical (unpaired) electrons. The number of nitrogens with two attached hydrogens (primary N) is 1. The quantitative estimate of drug-likeness (QED) is 0.720. The lowest BCUT2D eigenvalue weighted by molar-refractivity contribution is -0.125. The molecule has 82 valence electrons. The molecule has 3 nitrogen and oxygen atoms in total. The topological polar surface area (TPSA) is 55.1 Å². The Labute approximate surface area is 86.4 Å². The number of hydrogen-bond acceptors (Lipinski definition) is 2. The third kappa shape index (κ3) is 2.71. The molecule has 1 unspecified atom stereocenters. The summed E-state index contributed by atoms with van der Waals surface area (Å²) in [6, 6.07) is -0.368. The predicted octanol–water partition coefficient (Wildman–Crippen LogP) is 1.42. The second-order valence-electron chi connectivity index (χ2n) is 5.03. The van der Waals surface area contributed by atoms with Crippen molar-refractivity contribution in [2.45, 2.75) is 58.0 Å². The summed E-state index contributed by atoms with van der Waals surface area (Å²) in [5.41, 5.74) is 5.79. The lowest BCUT2D eigenvalue weighted by Crippen LogP contribution is -2.52. The zero-order valence-corrected chi connectivity index (χ0v) is 9.47. The molecule has 0 heterocycles. The van der Waals surface area contributed by atoms with Crippen LogP contribution in [0.2, 0.25) is 0 Å². The molecule has 1 amide bonds. The van der Waals surface area contributed by atoms with Crippen molar-refractivity contribution < 1.29 is 4.79 Å². The SMILES string of the molecule is CC(C)C(N)C(=O)NC1(C)CCCC1. The minimum Gasteiger partial charge on any atom is -0.350 e. The van der Waals surface area contributed by atoms with Crippen LogP contribution in [0.5, 0.6) is 0 Å². The van der Waals surface area contributed by atoms with Gasteiger partial charge < -0.3 is 11.1 Å². The Hall–Kier alpha value is -0.570. The molecule has 0 aromatic heterocycles. The van der Waals surface area contributed by atoms with Gasteiger partial charge >= 0.3 is 0 Å². The van der Waals surface area contributed by atoms with Crippen molar-refractivity contribution in [1.29, 1.82) is 0 Å².